The van der Waals surface area contributed by atoms with Crippen LogP contribution < -0.4 is 0 Å². The van der Waals surface area contributed by atoms with E-state index in [0.717, 1.165) is 11.1 Å². The largest absolute Gasteiger partial charge is 0.481 e. The van der Waals surface area contributed by atoms with E-state index in [-0.39, 0.29) is 29.6 Å². The predicted molar refractivity (Wildman–Crippen MR) is 102 cm³/mol. The zero-order valence-electron chi connectivity index (χ0n) is 15.4. The van der Waals surface area contributed by atoms with E-state index in [1.807, 2.05) is 6.92 Å². The third-order valence-electron chi connectivity index (χ3n) is 6.61. The number of carbonyl (C=O) groups excluding carboxylic acids is 1. The topological polar surface area (TPSA) is 91.7 Å². The van der Waals surface area contributed by atoms with Gasteiger partial charge in [0, 0.05) is 33.9 Å². The minimum atomic E-state index is -1.15. The molecular formula is C20H22Cl2O5. The summed E-state index contributed by atoms with van der Waals surface area (Å²) in [5, 5.41) is 19.8. The molecule has 3 rings (SSSR count). The molecule has 0 bridgehead atoms. The molecule has 1 aromatic rings. The predicted octanol–water partition coefficient (Wildman–Crippen LogP) is 4.46. The van der Waals surface area contributed by atoms with Gasteiger partial charge in [0.1, 0.15) is 5.78 Å². The number of benzene rings is 1. The van der Waals surface area contributed by atoms with Crippen molar-refractivity contribution in [3.05, 3.63) is 32.8 Å². The fourth-order valence-electron chi connectivity index (χ4n) is 5.22. The van der Waals surface area contributed by atoms with Crippen LogP contribution >= 0.6 is 23.2 Å². The molecule has 4 unspecified atom stereocenters. The molecule has 27 heavy (non-hydrogen) atoms. The van der Waals surface area contributed by atoms with Crippen LogP contribution in [-0.2, 0) is 26.2 Å². The van der Waals surface area contributed by atoms with Gasteiger partial charge in [0.2, 0.25) is 0 Å². The van der Waals surface area contributed by atoms with Gasteiger partial charge in [0.15, 0.2) is 0 Å². The highest BCUT2D eigenvalue weighted by Crippen LogP contribution is 2.58. The fraction of sp³-hybridized carbons (Fsp3) is 0.550. The molecule has 0 heterocycles. The van der Waals surface area contributed by atoms with Crippen molar-refractivity contribution in [1.82, 2.24) is 0 Å². The second-order valence-corrected chi connectivity index (χ2v) is 9.08. The van der Waals surface area contributed by atoms with Gasteiger partial charge in [-0.3, -0.25) is 14.4 Å². The second-order valence-electron chi connectivity index (χ2n) is 8.30. The smallest absolute Gasteiger partial charge is 0.310 e. The first-order valence-corrected chi connectivity index (χ1v) is 9.68. The standard InChI is InChI=1S/C20H22Cl2O5/c1-9(17(24)25)15-13(21)6-12-11(16(15)22)4-5-14-19(12,2)7-10(23)8-20(14,3)18(26)27/h6,9,14H,4-5,7-8H2,1-3H3,(H,24,25)(H,26,27). The molecule has 0 aliphatic heterocycles. The monoisotopic (exact) mass is 412 g/mol. The molecule has 146 valence electrons. The van der Waals surface area contributed by atoms with Crippen molar-refractivity contribution in [2.24, 2.45) is 11.3 Å². The van der Waals surface area contributed by atoms with E-state index in [0.29, 0.717) is 23.4 Å². The molecule has 1 aromatic carbocycles. The number of fused-ring (bicyclic) bond motifs is 3. The maximum absolute atomic E-state index is 12.5. The summed E-state index contributed by atoms with van der Waals surface area (Å²) in [6, 6.07) is 1.70. The summed E-state index contributed by atoms with van der Waals surface area (Å²) in [4.78, 5) is 35.9. The molecule has 5 nitrogen and oxygen atoms in total. The molecule has 0 saturated heterocycles. The Morgan fingerprint density at radius 1 is 1.22 bits per heavy atom. The summed E-state index contributed by atoms with van der Waals surface area (Å²) >= 11 is 13.0. The van der Waals surface area contributed by atoms with Crippen molar-refractivity contribution >= 4 is 40.9 Å². The van der Waals surface area contributed by atoms with Crippen molar-refractivity contribution < 1.29 is 24.6 Å². The van der Waals surface area contributed by atoms with Gasteiger partial charge in [-0.15, -0.1) is 0 Å². The van der Waals surface area contributed by atoms with Crippen LogP contribution in [0.25, 0.3) is 0 Å². The molecule has 2 N–H and O–H groups in total. The van der Waals surface area contributed by atoms with E-state index in [1.54, 1.807) is 13.0 Å². The lowest BCUT2D eigenvalue weighted by molar-refractivity contribution is -0.161. The van der Waals surface area contributed by atoms with E-state index >= 15 is 0 Å². The van der Waals surface area contributed by atoms with Crippen LogP contribution in [-0.4, -0.2) is 27.9 Å². The number of carboxylic acids is 2. The first-order chi connectivity index (χ1) is 12.4. The molecule has 1 saturated carbocycles. The average Bonchev–Trinajstić information content (AvgIpc) is 2.54. The molecule has 1 fully saturated rings. The lowest BCUT2D eigenvalue weighted by atomic mass is 9.49. The Bertz CT molecular complexity index is 864. The summed E-state index contributed by atoms with van der Waals surface area (Å²) in [5.41, 5.74) is 0.0814. The normalized spacial score (nSPS) is 31.0. The molecule has 0 amide bonds. The number of hydrogen-bond donors (Lipinski definition) is 2. The summed E-state index contributed by atoms with van der Waals surface area (Å²) in [7, 11) is 0. The maximum atomic E-state index is 12.5. The molecule has 0 aromatic heterocycles. The molecule has 7 heteroatoms. The van der Waals surface area contributed by atoms with Crippen molar-refractivity contribution in [1.29, 1.82) is 0 Å². The summed E-state index contributed by atoms with van der Waals surface area (Å²) in [6.07, 6.45) is 1.35. The minimum Gasteiger partial charge on any atom is -0.481 e. The first kappa shape index (κ1) is 20.2. The van der Waals surface area contributed by atoms with Crippen LogP contribution in [0.1, 0.15) is 62.6 Å². The number of carbonyl (C=O) groups is 3. The number of halogens is 2. The SMILES string of the molecule is CC(C(=O)O)c1c(Cl)cc2c(c1Cl)CCC1C(C)(C(=O)O)CC(=O)CC21C. The Morgan fingerprint density at radius 2 is 1.85 bits per heavy atom. The lowest BCUT2D eigenvalue weighted by Crippen LogP contribution is -2.55. The van der Waals surface area contributed by atoms with Gasteiger partial charge in [-0.1, -0.05) is 30.1 Å². The minimum absolute atomic E-state index is 0.0213. The number of aliphatic carboxylic acids is 2. The zero-order valence-corrected chi connectivity index (χ0v) is 16.9. The molecule has 4 atom stereocenters. The Labute approximate surface area is 167 Å². The van der Waals surface area contributed by atoms with Gasteiger partial charge in [0.25, 0.3) is 0 Å². The van der Waals surface area contributed by atoms with Crippen LogP contribution in [0.3, 0.4) is 0 Å². The van der Waals surface area contributed by atoms with E-state index < -0.39 is 28.7 Å². The van der Waals surface area contributed by atoms with Gasteiger partial charge in [0.05, 0.1) is 11.3 Å². The molecule has 2 aliphatic carbocycles. The van der Waals surface area contributed by atoms with Gasteiger partial charge in [-0.05, 0) is 49.8 Å². The summed E-state index contributed by atoms with van der Waals surface area (Å²) in [6.45, 7) is 5.08. The lowest BCUT2D eigenvalue weighted by Gasteiger charge is -2.53. The van der Waals surface area contributed by atoms with Crippen LogP contribution in [0.15, 0.2) is 6.07 Å². The Morgan fingerprint density at radius 3 is 2.41 bits per heavy atom. The number of rotatable bonds is 3. The highest BCUT2D eigenvalue weighted by molar-refractivity contribution is 6.37. The van der Waals surface area contributed by atoms with Crippen molar-refractivity contribution in [2.75, 3.05) is 0 Å². The third kappa shape index (κ3) is 2.87. The van der Waals surface area contributed by atoms with E-state index in [1.165, 1.54) is 6.92 Å². The maximum Gasteiger partial charge on any atom is 0.310 e. The van der Waals surface area contributed by atoms with Crippen LogP contribution in [0.5, 0.6) is 0 Å². The fourth-order valence-corrected chi connectivity index (χ4v) is 6.09. The van der Waals surface area contributed by atoms with Crippen molar-refractivity contribution in [2.45, 2.75) is 57.8 Å². The van der Waals surface area contributed by atoms with E-state index in [9.17, 15) is 24.6 Å². The zero-order chi connectivity index (χ0) is 20.3. The van der Waals surface area contributed by atoms with Crippen molar-refractivity contribution in [3.63, 3.8) is 0 Å². The Hall–Kier alpha value is -1.59. The summed E-state index contributed by atoms with van der Waals surface area (Å²) < 4.78 is 0. The molecular weight excluding hydrogens is 391 g/mol. The quantitative estimate of drug-likeness (QED) is 0.764. The highest BCUT2D eigenvalue weighted by Gasteiger charge is 2.58. The van der Waals surface area contributed by atoms with E-state index in [4.69, 9.17) is 23.2 Å². The van der Waals surface area contributed by atoms with Crippen LogP contribution in [0.4, 0.5) is 0 Å². The molecule has 0 radical (unpaired) electrons. The van der Waals surface area contributed by atoms with Gasteiger partial charge < -0.3 is 10.2 Å². The van der Waals surface area contributed by atoms with E-state index in [2.05, 4.69) is 0 Å². The second kappa shape index (κ2) is 6.49. The van der Waals surface area contributed by atoms with Crippen LogP contribution in [0.2, 0.25) is 10.0 Å². The third-order valence-corrected chi connectivity index (χ3v) is 7.36. The van der Waals surface area contributed by atoms with Crippen molar-refractivity contribution in [3.8, 4) is 0 Å². The van der Waals surface area contributed by atoms with Gasteiger partial charge in [-0.25, -0.2) is 0 Å². The van der Waals surface area contributed by atoms with Crippen LogP contribution in [0, 0.1) is 11.3 Å². The average molecular weight is 413 g/mol. The number of ketones is 1. The number of hydrogen-bond acceptors (Lipinski definition) is 3. The Balaban J connectivity index is 2.22. The Kier molecular flexibility index (Phi) is 4.84. The van der Waals surface area contributed by atoms with Gasteiger partial charge in [-0.2, -0.15) is 0 Å². The summed E-state index contributed by atoms with van der Waals surface area (Å²) in [5.74, 6) is -3.18. The molecule has 0 spiro atoms. The molecule has 2 aliphatic rings. The number of carboxylic acid groups (broad SMARTS) is 2. The highest BCUT2D eigenvalue weighted by atomic mass is 35.5. The first-order valence-electron chi connectivity index (χ1n) is 8.92. The number of Topliss-reactive ketones (excluding diaryl/α,β-unsaturated/α-hetero) is 1. The van der Waals surface area contributed by atoms with Gasteiger partial charge >= 0.3 is 11.9 Å².